The first-order valence-corrected chi connectivity index (χ1v) is 8.69. The maximum absolute atomic E-state index is 11.6. The molecule has 170 valence electrons. The summed E-state index contributed by atoms with van der Waals surface area (Å²) in [5.41, 5.74) is 0. The van der Waals surface area contributed by atoms with Crippen molar-refractivity contribution in [2.24, 2.45) is 11.8 Å². The molecule has 14 heteroatoms. The van der Waals surface area contributed by atoms with Gasteiger partial charge >= 0.3 is 23.9 Å². The molecule has 0 aliphatic carbocycles. The lowest BCUT2D eigenvalue weighted by molar-refractivity contribution is -0.162. The largest absolute Gasteiger partial charge is 0.481 e. The van der Waals surface area contributed by atoms with E-state index < -0.39 is 72.6 Å². The van der Waals surface area contributed by atoms with Crippen LogP contribution < -0.4 is 10.6 Å². The minimum Gasteiger partial charge on any atom is -0.481 e. The van der Waals surface area contributed by atoms with E-state index in [-0.39, 0.29) is 13.1 Å². The number of aliphatic hydroxyl groups is 2. The molecule has 0 aromatic heterocycles. The summed E-state index contributed by atoms with van der Waals surface area (Å²) in [5, 5.41) is 58.6. The van der Waals surface area contributed by atoms with Crippen LogP contribution in [0.3, 0.4) is 0 Å². The second-order valence-corrected chi connectivity index (χ2v) is 6.26. The van der Waals surface area contributed by atoms with Gasteiger partial charge in [-0.1, -0.05) is 0 Å². The van der Waals surface area contributed by atoms with E-state index in [1.165, 1.54) is 0 Å². The highest BCUT2D eigenvalue weighted by atomic mass is 16.4. The van der Waals surface area contributed by atoms with E-state index in [1.807, 2.05) is 0 Å². The smallest absolute Gasteiger partial charge is 0.320 e. The number of carboxylic acid groups (broad SMARTS) is 4. The third kappa shape index (κ3) is 9.79. The van der Waals surface area contributed by atoms with Crippen LogP contribution in [-0.4, -0.2) is 91.6 Å². The van der Waals surface area contributed by atoms with Gasteiger partial charge in [-0.05, 0) is 12.8 Å². The molecule has 0 saturated carbocycles. The molecule has 2 amide bonds. The first kappa shape index (κ1) is 26.7. The van der Waals surface area contributed by atoms with Crippen LogP contribution >= 0.6 is 0 Å². The summed E-state index contributed by atoms with van der Waals surface area (Å²) in [7, 11) is 0. The number of amides is 2. The SMILES string of the molecule is O=C(CC(O)C(C(=O)O)C(=O)O)NCCCCNC(=O)CC(O)C(C(=O)O)C(=O)O. The number of rotatable bonds is 15. The number of carbonyl (C=O) groups excluding carboxylic acids is 2. The zero-order valence-electron chi connectivity index (χ0n) is 15.7. The van der Waals surface area contributed by atoms with Gasteiger partial charge in [0, 0.05) is 13.1 Å². The van der Waals surface area contributed by atoms with Gasteiger partial charge in [-0.3, -0.25) is 28.8 Å². The molecule has 0 bridgehead atoms. The fourth-order valence-corrected chi connectivity index (χ4v) is 2.34. The Labute approximate surface area is 169 Å². The van der Waals surface area contributed by atoms with Crippen LogP contribution in [0.15, 0.2) is 0 Å². The molecule has 0 aromatic rings. The normalized spacial score (nSPS) is 12.8. The van der Waals surface area contributed by atoms with Gasteiger partial charge in [0.15, 0.2) is 11.8 Å². The summed E-state index contributed by atoms with van der Waals surface area (Å²) in [6.07, 6.45) is -4.62. The molecule has 2 atom stereocenters. The highest BCUT2D eigenvalue weighted by Crippen LogP contribution is 2.10. The third-order valence-electron chi connectivity index (χ3n) is 3.87. The number of carbonyl (C=O) groups is 6. The molecule has 0 fully saturated rings. The van der Waals surface area contributed by atoms with Crippen molar-refractivity contribution in [2.45, 2.75) is 37.9 Å². The van der Waals surface area contributed by atoms with E-state index in [1.54, 1.807) is 0 Å². The first-order valence-electron chi connectivity index (χ1n) is 8.69. The lowest BCUT2D eigenvalue weighted by atomic mass is 10.00. The van der Waals surface area contributed by atoms with Gasteiger partial charge in [0.1, 0.15) is 0 Å². The number of carboxylic acids is 4. The maximum Gasteiger partial charge on any atom is 0.320 e. The highest BCUT2D eigenvalue weighted by molar-refractivity contribution is 5.95. The second kappa shape index (κ2) is 13.1. The van der Waals surface area contributed by atoms with Crippen molar-refractivity contribution in [2.75, 3.05) is 13.1 Å². The van der Waals surface area contributed by atoms with Gasteiger partial charge in [0.25, 0.3) is 0 Å². The number of aliphatic carboxylic acids is 4. The number of aliphatic hydroxyl groups excluding tert-OH is 2. The average molecular weight is 436 g/mol. The summed E-state index contributed by atoms with van der Waals surface area (Å²) in [5.74, 6) is -12.9. The lowest BCUT2D eigenvalue weighted by Gasteiger charge is -2.15. The third-order valence-corrected chi connectivity index (χ3v) is 3.87. The molecule has 0 aromatic carbocycles. The van der Waals surface area contributed by atoms with Crippen LogP contribution in [0.25, 0.3) is 0 Å². The topological polar surface area (TPSA) is 248 Å². The van der Waals surface area contributed by atoms with Gasteiger partial charge in [-0.2, -0.15) is 0 Å². The quantitative estimate of drug-likeness (QED) is 0.0949. The summed E-state index contributed by atoms with van der Waals surface area (Å²) < 4.78 is 0. The Balaban J connectivity index is 4.11. The number of nitrogens with one attached hydrogen (secondary N) is 2. The summed E-state index contributed by atoms with van der Waals surface area (Å²) >= 11 is 0. The predicted octanol–water partition coefficient (Wildman–Crippen LogP) is -2.93. The highest BCUT2D eigenvalue weighted by Gasteiger charge is 2.35. The molecule has 8 N–H and O–H groups in total. The maximum atomic E-state index is 11.6. The van der Waals surface area contributed by atoms with Crippen molar-refractivity contribution in [3.8, 4) is 0 Å². The predicted molar refractivity (Wildman–Crippen MR) is 94.0 cm³/mol. The number of unbranched alkanes of at least 4 members (excludes halogenated alkanes) is 1. The van der Waals surface area contributed by atoms with Gasteiger partial charge < -0.3 is 41.3 Å². The van der Waals surface area contributed by atoms with Crippen molar-refractivity contribution in [3.63, 3.8) is 0 Å². The first-order chi connectivity index (χ1) is 13.9. The second-order valence-electron chi connectivity index (χ2n) is 6.26. The van der Waals surface area contributed by atoms with Crippen molar-refractivity contribution < 1.29 is 59.4 Å². The van der Waals surface area contributed by atoms with Gasteiger partial charge in [0.05, 0.1) is 25.0 Å². The van der Waals surface area contributed by atoms with E-state index >= 15 is 0 Å². The monoisotopic (exact) mass is 436 g/mol. The number of hydrogen-bond acceptors (Lipinski definition) is 8. The minimum atomic E-state index is -2.14. The van der Waals surface area contributed by atoms with E-state index in [0.29, 0.717) is 12.8 Å². The standard InChI is InChI=1S/C16H24N2O12/c19-7(11(13(23)24)14(25)26)5-9(21)17-3-1-2-4-18-10(22)6-8(20)12(15(27)28)16(29)30/h7-8,11-12,19-20H,1-6H2,(H,17,21)(H,18,22)(H,23,24)(H,25,26)(H,27,28)(H,29,30). The molecule has 0 saturated heterocycles. The zero-order valence-corrected chi connectivity index (χ0v) is 15.7. The van der Waals surface area contributed by atoms with E-state index in [4.69, 9.17) is 20.4 Å². The molecule has 0 rings (SSSR count). The minimum absolute atomic E-state index is 0.0783. The zero-order chi connectivity index (χ0) is 23.4. The van der Waals surface area contributed by atoms with Crippen LogP contribution in [0.4, 0.5) is 0 Å². The van der Waals surface area contributed by atoms with Gasteiger partial charge in [0.2, 0.25) is 11.8 Å². The molecule has 0 aliphatic heterocycles. The fraction of sp³-hybridized carbons (Fsp3) is 0.625. The van der Waals surface area contributed by atoms with Crippen molar-refractivity contribution in [3.05, 3.63) is 0 Å². The van der Waals surface area contributed by atoms with Crippen molar-refractivity contribution in [1.82, 2.24) is 10.6 Å². The molecule has 14 nitrogen and oxygen atoms in total. The van der Waals surface area contributed by atoms with E-state index in [0.717, 1.165) is 0 Å². The molecular weight excluding hydrogens is 412 g/mol. The van der Waals surface area contributed by atoms with Crippen LogP contribution in [-0.2, 0) is 28.8 Å². The lowest BCUT2D eigenvalue weighted by Crippen LogP contribution is -2.39. The molecule has 0 radical (unpaired) electrons. The molecule has 30 heavy (non-hydrogen) atoms. The molecule has 0 spiro atoms. The Kier molecular flexibility index (Phi) is 11.6. The Hall–Kier alpha value is -3.26. The van der Waals surface area contributed by atoms with E-state index in [9.17, 15) is 39.0 Å². The Morgan fingerprint density at radius 3 is 1.07 bits per heavy atom. The van der Waals surface area contributed by atoms with Gasteiger partial charge in [-0.25, -0.2) is 0 Å². The Bertz CT molecular complexity index is 581. The van der Waals surface area contributed by atoms with Crippen molar-refractivity contribution in [1.29, 1.82) is 0 Å². The molecule has 0 aliphatic rings. The van der Waals surface area contributed by atoms with E-state index in [2.05, 4.69) is 10.6 Å². The summed E-state index contributed by atoms with van der Waals surface area (Å²) in [4.78, 5) is 66.1. The Morgan fingerprint density at radius 2 is 0.833 bits per heavy atom. The molecular formula is C16H24N2O12. The van der Waals surface area contributed by atoms with Crippen LogP contribution in [0.2, 0.25) is 0 Å². The van der Waals surface area contributed by atoms with Crippen LogP contribution in [0.5, 0.6) is 0 Å². The fourth-order valence-electron chi connectivity index (χ4n) is 2.34. The molecule has 2 unspecified atom stereocenters. The average Bonchev–Trinajstić information content (AvgIpc) is 2.56. The summed E-state index contributed by atoms with van der Waals surface area (Å²) in [6, 6.07) is 0. The van der Waals surface area contributed by atoms with Crippen LogP contribution in [0, 0.1) is 11.8 Å². The summed E-state index contributed by atoms with van der Waals surface area (Å²) in [6.45, 7) is 0.157. The number of hydrogen-bond donors (Lipinski definition) is 8. The van der Waals surface area contributed by atoms with Gasteiger partial charge in [-0.15, -0.1) is 0 Å². The van der Waals surface area contributed by atoms with Crippen LogP contribution in [0.1, 0.15) is 25.7 Å². The van der Waals surface area contributed by atoms with Crippen molar-refractivity contribution >= 4 is 35.7 Å². The molecule has 0 heterocycles. The Morgan fingerprint density at radius 1 is 0.567 bits per heavy atom.